The lowest BCUT2D eigenvalue weighted by molar-refractivity contribution is 0.668. The third-order valence-electron chi connectivity index (χ3n) is 5.87. The van der Waals surface area contributed by atoms with E-state index < -0.39 is 5.89 Å². The van der Waals surface area contributed by atoms with E-state index in [2.05, 4.69) is 49.2 Å². The first kappa shape index (κ1) is 17.5. The summed E-state index contributed by atoms with van der Waals surface area (Å²) in [4.78, 5) is 4.64. The maximum atomic E-state index is 9.03. The van der Waals surface area contributed by atoms with Crippen LogP contribution in [0.1, 0.15) is 50.6 Å². The zero-order chi connectivity index (χ0) is 21.6. The third-order valence-corrected chi connectivity index (χ3v) is 5.87. The summed E-state index contributed by atoms with van der Waals surface area (Å²) < 4.78 is 15.4. The van der Waals surface area contributed by atoms with Crippen molar-refractivity contribution in [2.45, 2.75) is 32.6 Å². The van der Waals surface area contributed by atoms with Gasteiger partial charge >= 0.3 is 0 Å². The Morgan fingerprint density at radius 1 is 0.767 bits per heavy atom. The van der Waals surface area contributed by atoms with Gasteiger partial charge in [-0.3, -0.25) is 4.98 Å². The molecule has 5 aromatic rings. The van der Waals surface area contributed by atoms with Gasteiger partial charge in [0.2, 0.25) is 0 Å². The van der Waals surface area contributed by atoms with Gasteiger partial charge in [0.1, 0.15) is 11.2 Å². The number of hydrogen-bond acceptors (Lipinski definition) is 2. The molecule has 0 bridgehead atoms. The molecule has 1 unspecified atom stereocenters. The highest BCUT2D eigenvalue weighted by molar-refractivity contribution is 6.09. The van der Waals surface area contributed by atoms with Crippen molar-refractivity contribution in [1.29, 1.82) is 0 Å². The first-order valence-electron chi connectivity index (χ1n) is 10.9. The van der Waals surface area contributed by atoms with Crippen molar-refractivity contribution < 1.29 is 5.79 Å². The van der Waals surface area contributed by atoms with E-state index in [0.717, 1.165) is 44.3 Å². The van der Waals surface area contributed by atoms with Crippen molar-refractivity contribution in [3.63, 3.8) is 0 Å². The minimum atomic E-state index is -0.868. The summed E-state index contributed by atoms with van der Waals surface area (Å²) >= 11 is 0. The number of rotatable bonds is 4. The van der Waals surface area contributed by atoms with E-state index in [-0.39, 0.29) is 0 Å². The summed E-state index contributed by atoms with van der Waals surface area (Å²) in [6.07, 6.45) is 1.79. The number of furan rings is 1. The molecule has 0 radical (unpaired) electrons. The molecule has 148 valence electrons. The molecule has 0 amide bonds. The molecular formula is C28H25NO. The summed E-state index contributed by atoms with van der Waals surface area (Å²) in [5.41, 5.74) is 6.63. The largest absolute Gasteiger partial charge is 0.455 e. The fourth-order valence-corrected chi connectivity index (χ4v) is 4.04. The Bertz CT molecular complexity index is 1380. The van der Waals surface area contributed by atoms with Crippen LogP contribution in [0.5, 0.6) is 0 Å². The first-order chi connectivity index (χ1) is 14.9. The van der Waals surface area contributed by atoms with Gasteiger partial charge in [-0.25, -0.2) is 0 Å². The Morgan fingerprint density at radius 2 is 1.60 bits per heavy atom. The van der Waals surface area contributed by atoms with Crippen LogP contribution in [0.2, 0.25) is 0 Å². The average Bonchev–Trinajstić information content (AvgIpc) is 3.17. The van der Waals surface area contributed by atoms with Crippen molar-refractivity contribution in [3.05, 3.63) is 102 Å². The molecule has 0 N–H and O–H groups in total. The van der Waals surface area contributed by atoms with Gasteiger partial charge in [0.05, 0.1) is 5.69 Å². The predicted molar refractivity (Wildman–Crippen MR) is 125 cm³/mol. The van der Waals surface area contributed by atoms with E-state index in [1.165, 1.54) is 5.56 Å². The molecule has 3 aromatic carbocycles. The summed E-state index contributed by atoms with van der Waals surface area (Å²) in [6.45, 7) is 6.31. The standard InChI is InChI=1S/C28H25NO/c1-18(2)21-12-13-23-24-10-7-11-25(28(24)30-27(23)17-21)26-16-22(14-15-29-26)19(3)20-8-5-4-6-9-20/h4-19H,1-3H3/i19D. The van der Waals surface area contributed by atoms with Crippen LogP contribution in [-0.2, 0) is 0 Å². The number of nitrogens with zero attached hydrogens (tertiary/aromatic N) is 1. The molecule has 0 spiro atoms. The van der Waals surface area contributed by atoms with Crippen molar-refractivity contribution in [2.24, 2.45) is 0 Å². The van der Waals surface area contributed by atoms with Crippen LogP contribution in [0.25, 0.3) is 33.2 Å². The van der Waals surface area contributed by atoms with Gasteiger partial charge < -0.3 is 4.42 Å². The lowest BCUT2D eigenvalue weighted by Crippen LogP contribution is -1.97. The van der Waals surface area contributed by atoms with Crippen LogP contribution in [0, 0.1) is 0 Å². The number of pyridine rings is 1. The maximum absolute atomic E-state index is 9.03. The normalized spacial score (nSPS) is 14.2. The number of fused-ring (bicyclic) bond motifs is 3. The summed E-state index contributed by atoms with van der Waals surface area (Å²) in [5.74, 6) is -0.421. The van der Waals surface area contributed by atoms with Gasteiger partial charge in [-0.2, -0.15) is 0 Å². The Kier molecular flexibility index (Phi) is 4.34. The number of para-hydroxylation sites is 1. The highest BCUT2D eigenvalue weighted by Gasteiger charge is 2.15. The minimum Gasteiger partial charge on any atom is -0.455 e. The Hall–Kier alpha value is -3.39. The zero-order valence-corrected chi connectivity index (χ0v) is 17.5. The van der Waals surface area contributed by atoms with Gasteiger partial charge in [0.25, 0.3) is 0 Å². The predicted octanol–water partition coefficient (Wildman–Crippen LogP) is 7.92. The molecule has 2 heterocycles. The second-order valence-corrected chi connectivity index (χ2v) is 8.12. The molecule has 0 saturated carbocycles. The molecule has 30 heavy (non-hydrogen) atoms. The van der Waals surface area contributed by atoms with Crippen LogP contribution >= 0.6 is 0 Å². The third kappa shape index (κ3) is 3.19. The highest BCUT2D eigenvalue weighted by atomic mass is 16.3. The van der Waals surface area contributed by atoms with Gasteiger partial charge in [-0.15, -0.1) is 0 Å². The minimum absolute atomic E-state index is 0.447. The van der Waals surface area contributed by atoms with E-state index in [4.69, 9.17) is 5.79 Å². The second kappa shape index (κ2) is 7.46. The quantitative estimate of drug-likeness (QED) is 0.310. The number of benzene rings is 3. The van der Waals surface area contributed by atoms with Gasteiger partial charge in [-0.05, 0) is 46.9 Å². The summed E-state index contributed by atoms with van der Waals surface area (Å²) in [7, 11) is 0. The Morgan fingerprint density at radius 3 is 2.40 bits per heavy atom. The lowest BCUT2D eigenvalue weighted by atomic mass is 9.92. The topological polar surface area (TPSA) is 26.0 Å². The summed E-state index contributed by atoms with van der Waals surface area (Å²) in [6, 6.07) is 26.5. The van der Waals surface area contributed by atoms with Crippen LogP contribution in [0.15, 0.2) is 89.5 Å². The zero-order valence-electron chi connectivity index (χ0n) is 18.5. The van der Waals surface area contributed by atoms with Crippen molar-refractivity contribution >= 4 is 21.9 Å². The maximum Gasteiger partial charge on any atom is 0.144 e. The molecule has 5 rings (SSSR count). The molecular weight excluding hydrogens is 366 g/mol. The van der Waals surface area contributed by atoms with Crippen LogP contribution in [0.3, 0.4) is 0 Å². The van der Waals surface area contributed by atoms with Crippen molar-refractivity contribution in [1.82, 2.24) is 4.98 Å². The molecule has 0 aliphatic rings. The molecule has 0 fully saturated rings. The Balaban J connectivity index is 1.66. The number of hydrogen-bond donors (Lipinski definition) is 0. The average molecular weight is 393 g/mol. The van der Waals surface area contributed by atoms with Gasteiger partial charge in [-0.1, -0.05) is 75.4 Å². The molecule has 1 atom stereocenters. The van der Waals surface area contributed by atoms with Gasteiger partial charge in [0, 0.05) is 29.8 Å². The van der Waals surface area contributed by atoms with Crippen LogP contribution < -0.4 is 0 Å². The van der Waals surface area contributed by atoms with E-state index in [0.29, 0.717) is 5.92 Å². The SMILES string of the molecule is [2H]C(C)(c1ccccc1)c1ccnc(-c2cccc3c2oc2cc(C(C)C)ccc23)c1. The highest BCUT2D eigenvalue weighted by Crippen LogP contribution is 2.37. The molecule has 0 saturated heterocycles. The number of aromatic nitrogens is 1. The molecule has 0 aliphatic carbocycles. The molecule has 2 heteroatoms. The van der Waals surface area contributed by atoms with E-state index in [1.54, 1.807) is 6.20 Å². The smallest absolute Gasteiger partial charge is 0.144 e. The van der Waals surface area contributed by atoms with Crippen LogP contribution in [-0.4, -0.2) is 4.98 Å². The lowest BCUT2D eigenvalue weighted by Gasteiger charge is -2.13. The molecule has 2 aromatic heterocycles. The van der Waals surface area contributed by atoms with E-state index in [9.17, 15) is 0 Å². The van der Waals surface area contributed by atoms with Gasteiger partial charge in [0.15, 0.2) is 0 Å². The monoisotopic (exact) mass is 392 g/mol. The Labute approximate surface area is 178 Å². The summed E-state index contributed by atoms with van der Waals surface area (Å²) in [5, 5.41) is 2.21. The van der Waals surface area contributed by atoms with E-state index in [1.807, 2.05) is 55.5 Å². The van der Waals surface area contributed by atoms with Crippen molar-refractivity contribution in [2.75, 3.05) is 0 Å². The molecule has 2 nitrogen and oxygen atoms in total. The van der Waals surface area contributed by atoms with Crippen LogP contribution in [0.4, 0.5) is 0 Å². The fourth-order valence-electron chi connectivity index (χ4n) is 4.04. The fraction of sp³-hybridized carbons (Fsp3) is 0.179. The van der Waals surface area contributed by atoms with Crippen molar-refractivity contribution in [3.8, 4) is 11.3 Å². The van der Waals surface area contributed by atoms with E-state index >= 15 is 0 Å². The first-order valence-corrected chi connectivity index (χ1v) is 10.4. The molecule has 0 aliphatic heterocycles. The second-order valence-electron chi connectivity index (χ2n) is 8.12.